The molecule has 1 N–H and O–H groups in total. The number of hydrogen-bond acceptors (Lipinski definition) is 6. The molecule has 0 aliphatic carbocycles. The number of rotatable bonds is 5. The van der Waals surface area contributed by atoms with Crippen molar-refractivity contribution in [3.05, 3.63) is 41.3 Å². The number of nitrogens with zero attached hydrogens (tertiary/aromatic N) is 4. The number of amides is 1. The molecule has 1 aliphatic heterocycles. The average Bonchev–Trinajstić information content (AvgIpc) is 3.15. The number of aryl methyl sites for hydroxylation is 1. The molecule has 0 radical (unpaired) electrons. The fourth-order valence-corrected chi connectivity index (χ4v) is 4.43. The monoisotopic (exact) mass is 399 g/mol. The second kappa shape index (κ2) is 8.18. The van der Waals surface area contributed by atoms with Crippen LogP contribution in [0.25, 0.3) is 10.9 Å². The number of piperidine rings is 1. The van der Waals surface area contributed by atoms with E-state index in [1.165, 1.54) is 23.5 Å². The lowest BCUT2D eigenvalue weighted by molar-refractivity contribution is -0.120. The SMILES string of the molecule is CCCc1nnc(NC(=O)C2CCN(c3ccnc4ccc(F)cc34)CC2)s1. The molecule has 0 unspecified atom stereocenters. The normalized spacial score (nSPS) is 15.1. The van der Waals surface area contributed by atoms with Crippen molar-refractivity contribution < 1.29 is 9.18 Å². The minimum atomic E-state index is -0.268. The third-order valence-electron chi connectivity index (χ3n) is 5.05. The van der Waals surface area contributed by atoms with E-state index >= 15 is 0 Å². The van der Waals surface area contributed by atoms with Crippen LogP contribution < -0.4 is 10.2 Å². The first kappa shape index (κ1) is 18.7. The van der Waals surface area contributed by atoms with Gasteiger partial charge in [-0.05, 0) is 43.5 Å². The molecule has 4 rings (SSSR count). The Kier molecular flexibility index (Phi) is 5.47. The Hall–Kier alpha value is -2.61. The molecule has 0 spiro atoms. The molecule has 1 fully saturated rings. The third-order valence-corrected chi connectivity index (χ3v) is 5.95. The maximum Gasteiger partial charge on any atom is 0.229 e. The summed E-state index contributed by atoms with van der Waals surface area (Å²) in [6.07, 6.45) is 5.12. The van der Waals surface area contributed by atoms with Crippen molar-refractivity contribution in [2.45, 2.75) is 32.6 Å². The van der Waals surface area contributed by atoms with E-state index < -0.39 is 0 Å². The lowest BCUT2D eigenvalue weighted by atomic mass is 9.95. The first-order valence-corrected chi connectivity index (χ1v) is 10.4. The molecule has 3 heterocycles. The van der Waals surface area contributed by atoms with Crippen molar-refractivity contribution in [1.82, 2.24) is 15.2 Å². The highest BCUT2D eigenvalue weighted by molar-refractivity contribution is 7.15. The number of anilines is 2. The molecular weight excluding hydrogens is 377 g/mol. The second-order valence-corrected chi connectivity index (χ2v) is 8.06. The van der Waals surface area contributed by atoms with Crippen molar-refractivity contribution in [2.24, 2.45) is 5.92 Å². The minimum absolute atomic E-state index is 0.00415. The van der Waals surface area contributed by atoms with Gasteiger partial charge in [-0.1, -0.05) is 18.3 Å². The number of aromatic nitrogens is 3. The lowest BCUT2D eigenvalue weighted by Gasteiger charge is -2.33. The van der Waals surface area contributed by atoms with Crippen molar-refractivity contribution >= 4 is 39.0 Å². The Morgan fingerprint density at radius 2 is 2.11 bits per heavy atom. The molecule has 6 nitrogen and oxygen atoms in total. The highest BCUT2D eigenvalue weighted by atomic mass is 32.1. The summed E-state index contributed by atoms with van der Waals surface area (Å²) >= 11 is 1.44. The van der Waals surface area contributed by atoms with Crippen LogP contribution >= 0.6 is 11.3 Å². The molecule has 2 aromatic heterocycles. The average molecular weight is 399 g/mol. The Morgan fingerprint density at radius 3 is 2.89 bits per heavy atom. The van der Waals surface area contributed by atoms with E-state index in [4.69, 9.17) is 0 Å². The van der Waals surface area contributed by atoms with E-state index in [-0.39, 0.29) is 17.6 Å². The van der Waals surface area contributed by atoms with Crippen LogP contribution in [0.3, 0.4) is 0 Å². The molecule has 0 saturated carbocycles. The van der Waals surface area contributed by atoms with Gasteiger partial charge in [-0.2, -0.15) is 0 Å². The first-order chi connectivity index (χ1) is 13.6. The van der Waals surface area contributed by atoms with E-state index in [0.29, 0.717) is 5.13 Å². The number of pyridine rings is 1. The quantitative estimate of drug-likeness (QED) is 0.701. The number of fused-ring (bicyclic) bond motifs is 1. The predicted octanol–water partition coefficient (Wildman–Crippen LogP) is 4.03. The summed E-state index contributed by atoms with van der Waals surface area (Å²) in [6, 6.07) is 6.57. The van der Waals surface area contributed by atoms with Gasteiger partial charge in [-0.25, -0.2) is 4.39 Å². The highest BCUT2D eigenvalue weighted by Gasteiger charge is 2.26. The van der Waals surface area contributed by atoms with Crippen molar-refractivity contribution in [3.8, 4) is 0 Å². The van der Waals surface area contributed by atoms with Crippen LogP contribution in [-0.4, -0.2) is 34.2 Å². The van der Waals surface area contributed by atoms with Gasteiger partial charge in [0.05, 0.1) is 5.52 Å². The number of halogens is 1. The summed E-state index contributed by atoms with van der Waals surface area (Å²) in [5.74, 6) is -0.320. The van der Waals surface area contributed by atoms with Crippen LogP contribution in [0, 0.1) is 11.7 Å². The molecule has 8 heteroatoms. The second-order valence-electron chi connectivity index (χ2n) is 6.99. The van der Waals surface area contributed by atoms with Gasteiger partial charge in [0.15, 0.2) is 0 Å². The summed E-state index contributed by atoms with van der Waals surface area (Å²) in [5, 5.41) is 13.4. The number of carbonyl (C=O) groups excluding carboxylic acids is 1. The number of nitrogens with one attached hydrogen (secondary N) is 1. The van der Waals surface area contributed by atoms with Crippen LogP contribution in [0.4, 0.5) is 15.2 Å². The molecule has 0 bridgehead atoms. The van der Waals surface area contributed by atoms with Gasteiger partial charge in [0, 0.05) is 42.7 Å². The van der Waals surface area contributed by atoms with Crippen LogP contribution in [-0.2, 0) is 11.2 Å². The molecule has 1 aromatic carbocycles. The van der Waals surface area contributed by atoms with Crippen LogP contribution in [0.15, 0.2) is 30.5 Å². The van der Waals surface area contributed by atoms with Gasteiger partial charge < -0.3 is 10.2 Å². The van der Waals surface area contributed by atoms with E-state index in [1.807, 2.05) is 6.07 Å². The smallest absolute Gasteiger partial charge is 0.229 e. The molecule has 28 heavy (non-hydrogen) atoms. The van der Waals surface area contributed by atoms with Gasteiger partial charge in [-0.15, -0.1) is 10.2 Å². The lowest BCUT2D eigenvalue weighted by Crippen LogP contribution is -2.38. The van der Waals surface area contributed by atoms with Crippen molar-refractivity contribution in [1.29, 1.82) is 0 Å². The molecular formula is C20H22FN5OS. The molecule has 0 atom stereocenters. The Bertz CT molecular complexity index is 984. The molecule has 146 valence electrons. The Balaban J connectivity index is 1.40. The predicted molar refractivity (Wildman–Crippen MR) is 109 cm³/mol. The van der Waals surface area contributed by atoms with Crippen molar-refractivity contribution in [2.75, 3.05) is 23.3 Å². The molecule has 1 saturated heterocycles. The zero-order chi connectivity index (χ0) is 19.5. The van der Waals surface area contributed by atoms with E-state index in [9.17, 15) is 9.18 Å². The molecule has 1 aliphatic rings. The summed E-state index contributed by atoms with van der Waals surface area (Å²) in [5.41, 5.74) is 1.75. The summed E-state index contributed by atoms with van der Waals surface area (Å²) in [7, 11) is 0. The van der Waals surface area contributed by atoms with Gasteiger partial charge in [-0.3, -0.25) is 9.78 Å². The van der Waals surface area contributed by atoms with Gasteiger partial charge in [0.2, 0.25) is 11.0 Å². The Morgan fingerprint density at radius 1 is 1.29 bits per heavy atom. The summed E-state index contributed by atoms with van der Waals surface area (Å²) in [4.78, 5) is 19.1. The van der Waals surface area contributed by atoms with Gasteiger partial charge >= 0.3 is 0 Å². The maximum atomic E-state index is 13.7. The van der Waals surface area contributed by atoms with Gasteiger partial charge in [0.25, 0.3) is 0 Å². The zero-order valence-corrected chi connectivity index (χ0v) is 16.5. The van der Waals surface area contributed by atoms with Gasteiger partial charge in [0.1, 0.15) is 10.8 Å². The number of hydrogen-bond donors (Lipinski definition) is 1. The number of carbonyl (C=O) groups is 1. The first-order valence-electron chi connectivity index (χ1n) is 9.56. The van der Waals surface area contributed by atoms with E-state index in [2.05, 4.69) is 32.3 Å². The van der Waals surface area contributed by atoms with Crippen LogP contribution in [0.2, 0.25) is 0 Å². The number of benzene rings is 1. The highest BCUT2D eigenvalue weighted by Crippen LogP contribution is 2.30. The van der Waals surface area contributed by atoms with Crippen molar-refractivity contribution in [3.63, 3.8) is 0 Å². The summed E-state index contributed by atoms with van der Waals surface area (Å²) in [6.45, 7) is 3.57. The largest absolute Gasteiger partial charge is 0.371 e. The minimum Gasteiger partial charge on any atom is -0.371 e. The third kappa shape index (κ3) is 3.96. The zero-order valence-electron chi connectivity index (χ0n) is 15.7. The van der Waals surface area contributed by atoms with E-state index in [0.717, 1.165) is 60.4 Å². The standard InChI is InChI=1S/C20H22FN5OS/c1-2-3-18-24-25-20(28-18)23-19(27)13-7-10-26(11-8-13)17-6-9-22-16-5-4-14(21)12-15(16)17/h4-6,9,12-13H,2-3,7-8,10-11H2,1H3,(H,23,25,27). The summed E-state index contributed by atoms with van der Waals surface area (Å²) < 4.78 is 13.7. The molecule has 3 aromatic rings. The van der Waals surface area contributed by atoms with Crippen LogP contribution in [0.1, 0.15) is 31.2 Å². The fourth-order valence-electron chi connectivity index (χ4n) is 3.59. The fraction of sp³-hybridized carbons (Fsp3) is 0.400. The Labute approximate surface area is 166 Å². The van der Waals surface area contributed by atoms with Crippen LogP contribution in [0.5, 0.6) is 0 Å². The topological polar surface area (TPSA) is 71.0 Å². The maximum absolute atomic E-state index is 13.7. The molecule has 1 amide bonds. The van der Waals surface area contributed by atoms with E-state index in [1.54, 1.807) is 12.3 Å².